The third-order valence-corrected chi connectivity index (χ3v) is 4.95. The summed E-state index contributed by atoms with van der Waals surface area (Å²) in [6.45, 7) is 2.63. The van der Waals surface area contributed by atoms with Crippen LogP contribution in [0, 0.1) is 6.92 Å². The van der Waals surface area contributed by atoms with Crippen molar-refractivity contribution in [3.05, 3.63) is 57.9 Å². The van der Waals surface area contributed by atoms with Gasteiger partial charge < -0.3 is 15.2 Å². The van der Waals surface area contributed by atoms with Gasteiger partial charge in [-0.2, -0.15) is 0 Å². The summed E-state index contributed by atoms with van der Waals surface area (Å²) in [5.41, 5.74) is 2.78. The van der Waals surface area contributed by atoms with Gasteiger partial charge in [-0.05, 0) is 50.7 Å². The molecule has 0 aliphatic carbocycles. The summed E-state index contributed by atoms with van der Waals surface area (Å²) in [4.78, 5) is 19.0. The van der Waals surface area contributed by atoms with Crippen molar-refractivity contribution < 1.29 is 4.79 Å². The second-order valence-corrected chi connectivity index (χ2v) is 6.96. The van der Waals surface area contributed by atoms with E-state index >= 15 is 0 Å². The fourth-order valence-electron chi connectivity index (χ4n) is 2.68. The lowest BCUT2D eigenvalue weighted by molar-refractivity contribution is 0.0938. The van der Waals surface area contributed by atoms with Crippen LogP contribution in [-0.4, -0.2) is 36.4 Å². The molecule has 2 aromatic heterocycles. The Morgan fingerprint density at radius 3 is 2.83 bits per heavy atom. The first-order valence-electron chi connectivity index (χ1n) is 7.62. The lowest BCUT2D eigenvalue weighted by atomic mass is 10.2. The second-order valence-electron chi connectivity index (χ2n) is 5.98. The van der Waals surface area contributed by atoms with Crippen LogP contribution >= 0.6 is 11.3 Å². The van der Waals surface area contributed by atoms with Crippen molar-refractivity contribution in [3.63, 3.8) is 0 Å². The van der Waals surface area contributed by atoms with E-state index in [2.05, 4.69) is 39.6 Å². The van der Waals surface area contributed by atoms with E-state index in [0.29, 0.717) is 12.2 Å². The molecule has 0 radical (unpaired) electrons. The Labute approximate surface area is 140 Å². The third kappa shape index (κ3) is 3.46. The lowest BCUT2D eigenvalue weighted by Gasteiger charge is -2.23. The Hall–Kier alpha value is -2.11. The highest BCUT2D eigenvalue weighted by Gasteiger charge is 2.17. The number of hydrogen-bond acceptors (Lipinski definition) is 3. The first-order valence-corrected chi connectivity index (χ1v) is 8.50. The number of aromatic amines is 1. The lowest BCUT2D eigenvalue weighted by Crippen LogP contribution is -2.34. The van der Waals surface area contributed by atoms with Gasteiger partial charge in [0.05, 0.1) is 6.04 Å². The van der Waals surface area contributed by atoms with Gasteiger partial charge >= 0.3 is 0 Å². The fourth-order valence-corrected chi connectivity index (χ4v) is 3.60. The van der Waals surface area contributed by atoms with Crippen molar-refractivity contribution in [2.75, 3.05) is 20.6 Å². The Morgan fingerprint density at radius 2 is 2.13 bits per heavy atom. The van der Waals surface area contributed by atoms with Crippen LogP contribution in [0.4, 0.5) is 0 Å². The predicted molar refractivity (Wildman–Crippen MR) is 96.1 cm³/mol. The highest BCUT2D eigenvalue weighted by atomic mass is 32.1. The molecule has 3 aromatic rings. The molecule has 0 spiro atoms. The quantitative estimate of drug-likeness (QED) is 0.752. The number of carbonyl (C=O) groups excluding carboxylic acids is 1. The summed E-state index contributed by atoms with van der Waals surface area (Å²) in [7, 11) is 4.06. The van der Waals surface area contributed by atoms with Crippen LogP contribution in [0.15, 0.2) is 41.8 Å². The maximum Gasteiger partial charge on any atom is 0.267 e. The number of fused-ring (bicyclic) bond motifs is 1. The monoisotopic (exact) mass is 327 g/mol. The largest absolute Gasteiger partial charge is 0.351 e. The van der Waals surface area contributed by atoms with Crippen LogP contribution < -0.4 is 5.32 Å². The van der Waals surface area contributed by atoms with Crippen molar-refractivity contribution in [2.24, 2.45) is 0 Å². The van der Waals surface area contributed by atoms with E-state index in [1.54, 1.807) is 11.3 Å². The van der Waals surface area contributed by atoms with Gasteiger partial charge in [0.2, 0.25) is 0 Å². The van der Waals surface area contributed by atoms with Crippen LogP contribution in [0.1, 0.15) is 27.0 Å². The van der Waals surface area contributed by atoms with E-state index < -0.39 is 0 Å². The Kier molecular flexibility index (Phi) is 4.50. The molecule has 3 rings (SSSR count). The van der Waals surface area contributed by atoms with Gasteiger partial charge in [0.15, 0.2) is 0 Å². The van der Waals surface area contributed by atoms with Crippen LogP contribution in [0.2, 0.25) is 0 Å². The average Bonchev–Trinajstić information content (AvgIpc) is 3.15. The van der Waals surface area contributed by atoms with Gasteiger partial charge in [-0.1, -0.05) is 17.7 Å². The molecule has 23 heavy (non-hydrogen) atoms. The van der Waals surface area contributed by atoms with Gasteiger partial charge in [0.25, 0.3) is 5.91 Å². The van der Waals surface area contributed by atoms with E-state index in [4.69, 9.17) is 0 Å². The summed E-state index contributed by atoms with van der Waals surface area (Å²) in [5.74, 6) is -0.0674. The maximum atomic E-state index is 12.4. The molecule has 1 amide bonds. The molecule has 0 aliphatic heterocycles. The molecule has 1 atom stereocenters. The van der Waals surface area contributed by atoms with Crippen molar-refractivity contribution in [2.45, 2.75) is 13.0 Å². The first-order chi connectivity index (χ1) is 11.0. The minimum Gasteiger partial charge on any atom is -0.351 e. The van der Waals surface area contributed by atoms with Gasteiger partial charge in [0, 0.05) is 22.3 Å². The van der Waals surface area contributed by atoms with Gasteiger partial charge in [0.1, 0.15) is 5.69 Å². The molecule has 0 aliphatic rings. The molecule has 0 saturated carbocycles. The van der Waals surface area contributed by atoms with Crippen LogP contribution in [0.5, 0.6) is 0 Å². The number of nitrogens with zero attached hydrogens (tertiary/aromatic N) is 1. The fraction of sp³-hybridized carbons (Fsp3) is 0.278. The van der Waals surface area contributed by atoms with E-state index in [0.717, 1.165) is 10.9 Å². The van der Waals surface area contributed by atoms with E-state index in [-0.39, 0.29) is 11.9 Å². The summed E-state index contributed by atoms with van der Waals surface area (Å²) < 4.78 is 0. The molecule has 0 fully saturated rings. The van der Waals surface area contributed by atoms with Crippen LogP contribution in [-0.2, 0) is 0 Å². The molecular weight excluding hydrogens is 306 g/mol. The highest BCUT2D eigenvalue weighted by molar-refractivity contribution is 7.10. The molecule has 5 heteroatoms. The number of likely N-dealkylation sites (N-methyl/N-ethyl adjacent to an activating group) is 1. The van der Waals surface area contributed by atoms with Crippen molar-refractivity contribution >= 4 is 28.1 Å². The van der Waals surface area contributed by atoms with Gasteiger partial charge in [-0.3, -0.25) is 4.79 Å². The summed E-state index contributed by atoms with van der Waals surface area (Å²) in [6, 6.07) is 12.4. The molecule has 2 heterocycles. The number of benzene rings is 1. The first kappa shape index (κ1) is 15.8. The molecular formula is C18H21N3OS. The van der Waals surface area contributed by atoms with Gasteiger partial charge in [-0.25, -0.2) is 0 Å². The molecule has 0 saturated heterocycles. The number of amides is 1. The van der Waals surface area contributed by atoms with Crippen molar-refractivity contribution in [3.8, 4) is 0 Å². The molecule has 0 bridgehead atoms. The minimum absolute atomic E-state index is 0.0674. The number of aryl methyl sites for hydroxylation is 1. The predicted octanol–water partition coefficient (Wildman–Crippen LogP) is 3.57. The zero-order valence-corrected chi connectivity index (χ0v) is 14.4. The number of aromatic nitrogens is 1. The number of carbonyl (C=O) groups is 1. The third-order valence-electron chi connectivity index (χ3n) is 3.97. The van der Waals surface area contributed by atoms with Gasteiger partial charge in [-0.15, -0.1) is 11.3 Å². The SMILES string of the molecule is Cc1ccc2[nH]c(C(=O)NCC(c3cccs3)N(C)C)cc2c1. The maximum absolute atomic E-state index is 12.4. The summed E-state index contributed by atoms with van der Waals surface area (Å²) in [5, 5.41) is 6.17. The number of rotatable bonds is 5. The van der Waals surface area contributed by atoms with E-state index in [9.17, 15) is 4.79 Å². The Morgan fingerprint density at radius 1 is 1.30 bits per heavy atom. The topological polar surface area (TPSA) is 48.1 Å². The van der Waals surface area contributed by atoms with E-state index in [1.165, 1.54) is 10.4 Å². The Bertz CT molecular complexity index is 805. The minimum atomic E-state index is -0.0674. The number of thiophene rings is 1. The standard InChI is InChI=1S/C18H21N3OS/c1-12-6-7-14-13(9-12)10-15(20-14)18(22)19-11-16(21(2)3)17-5-4-8-23-17/h4-10,16,20H,11H2,1-3H3,(H,19,22). The summed E-state index contributed by atoms with van der Waals surface area (Å²) in [6.07, 6.45) is 0. The zero-order chi connectivity index (χ0) is 16.4. The Balaban J connectivity index is 1.72. The molecule has 120 valence electrons. The van der Waals surface area contributed by atoms with Crippen molar-refractivity contribution in [1.82, 2.24) is 15.2 Å². The smallest absolute Gasteiger partial charge is 0.267 e. The molecule has 1 unspecified atom stereocenters. The normalized spacial score (nSPS) is 12.7. The second kappa shape index (κ2) is 6.56. The summed E-state index contributed by atoms with van der Waals surface area (Å²) >= 11 is 1.71. The van der Waals surface area contributed by atoms with Crippen molar-refractivity contribution in [1.29, 1.82) is 0 Å². The van der Waals surface area contributed by atoms with Crippen LogP contribution in [0.25, 0.3) is 10.9 Å². The van der Waals surface area contributed by atoms with E-state index in [1.807, 2.05) is 38.4 Å². The molecule has 1 aromatic carbocycles. The number of H-pyrrole nitrogens is 1. The molecule has 2 N–H and O–H groups in total. The zero-order valence-electron chi connectivity index (χ0n) is 13.6. The molecule has 4 nitrogen and oxygen atoms in total. The highest BCUT2D eigenvalue weighted by Crippen LogP contribution is 2.22. The number of nitrogens with one attached hydrogen (secondary N) is 2. The average molecular weight is 327 g/mol. The number of hydrogen-bond donors (Lipinski definition) is 2. The van der Waals surface area contributed by atoms with Crippen LogP contribution in [0.3, 0.4) is 0 Å².